The molecule has 1 aliphatic carbocycles. The number of methoxy groups -OCH3 is 1. The monoisotopic (exact) mass is 247 g/mol. The maximum Gasteiger partial charge on any atom is 0.332 e. The van der Waals surface area contributed by atoms with Crippen molar-refractivity contribution in [3.05, 3.63) is 23.8 Å². The lowest BCUT2D eigenvalue weighted by atomic mass is 9.80. The fourth-order valence-corrected chi connectivity index (χ4v) is 4.10. The van der Waals surface area contributed by atoms with E-state index in [4.69, 9.17) is 9.47 Å². The first-order chi connectivity index (χ1) is 8.73. The Labute approximate surface area is 106 Å². The fraction of sp³-hybridized carbons (Fsp3) is 0.643. The van der Waals surface area contributed by atoms with Crippen LogP contribution in [0.3, 0.4) is 0 Å². The van der Waals surface area contributed by atoms with E-state index in [2.05, 4.69) is 17.1 Å². The van der Waals surface area contributed by atoms with Crippen molar-refractivity contribution in [1.29, 1.82) is 0 Å². The summed E-state index contributed by atoms with van der Waals surface area (Å²) in [5.74, 6) is -0.184. The van der Waals surface area contributed by atoms with Gasteiger partial charge in [0, 0.05) is 37.8 Å². The molecule has 0 radical (unpaired) electrons. The number of piperidine rings is 1. The molecule has 0 saturated carbocycles. The molecule has 4 rings (SSSR count). The highest BCUT2D eigenvalue weighted by Gasteiger charge is 2.60. The van der Waals surface area contributed by atoms with Crippen LogP contribution in [0.4, 0.5) is 0 Å². The summed E-state index contributed by atoms with van der Waals surface area (Å²) in [5, 5.41) is 0. The van der Waals surface area contributed by atoms with Gasteiger partial charge in [0.1, 0.15) is 0 Å². The summed E-state index contributed by atoms with van der Waals surface area (Å²) in [6.07, 6.45) is 9.20. The highest BCUT2D eigenvalue weighted by Crippen LogP contribution is 2.51. The molecule has 0 unspecified atom stereocenters. The lowest BCUT2D eigenvalue weighted by molar-refractivity contribution is -0.149. The Kier molecular flexibility index (Phi) is 2.07. The summed E-state index contributed by atoms with van der Waals surface area (Å²) in [6, 6.07) is 0.713. The molecule has 0 aromatic carbocycles. The minimum absolute atomic E-state index is 0.184. The molecule has 4 heteroatoms. The van der Waals surface area contributed by atoms with E-state index in [1.807, 2.05) is 0 Å². The van der Waals surface area contributed by atoms with Crippen molar-refractivity contribution in [3.8, 4) is 0 Å². The van der Waals surface area contributed by atoms with Crippen molar-refractivity contribution in [2.75, 3.05) is 13.7 Å². The van der Waals surface area contributed by atoms with E-state index in [1.54, 1.807) is 13.2 Å². The average molecular weight is 247 g/mol. The molecule has 0 amide bonds. The van der Waals surface area contributed by atoms with Crippen LogP contribution in [-0.4, -0.2) is 48.3 Å². The third kappa shape index (κ3) is 1.20. The van der Waals surface area contributed by atoms with Crippen LogP contribution in [0.1, 0.15) is 19.3 Å². The molecule has 4 atom stereocenters. The molecule has 18 heavy (non-hydrogen) atoms. The third-order valence-electron chi connectivity index (χ3n) is 4.95. The third-order valence-corrected chi connectivity index (χ3v) is 4.95. The number of hydrogen-bond donors (Lipinski definition) is 0. The molecule has 3 heterocycles. The van der Waals surface area contributed by atoms with Gasteiger partial charge in [-0.3, -0.25) is 4.90 Å². The van der Waals surface area contributed by atoms with E-state index in [0.29, 0.717) is 12.1 Å². The molecule has 4 nitrogen and oxygen atoms in total. The smallest absolute Gasteiger partial charge is 0.332 e. The van der Waals surface area contributed by atoms with Gasteiger partial charge in [0.25, 0.3) is 0 Å². The Balaban J connectivity index is 1.75. The summed E-state index contributed by atoms with van der Waals surface area (Å²) < 4.78 is 11.2. The van der Waals surface area contributed by atoms with Crippen molar-refractivity contribution in [2.45, 2.75) is 43.1 Å². The van der Waals surface area contributed by atoms with Gasteiger partial charge < -0.3 is 9.47 Å². The summed E-state index contributed by atoms with van der Waals surface area (Å²) >= 11 is 0. The van der Waals surface area contributed by atoms with Crippen LogP contribution in [0.15, 0.2) is 23.8 Å². The molecule has 4 aliphatic rings. The van der Waals surface area contributed by atoms with E-state index in [1.165, 1.54) is 0 Å². The summed E-state index contributed by atoms with van der Waals surface area (Å²) in [5.41, 5.74) is 0.682. The number of rotatable bonds is 1. The number of carbonyl (C=O) groups is 1. The van der Waals surface area contributed by atoms with Crippen molar-refractivity contribution in [3.63, 3.8) is 0 Å². The molecule has 2 saturated heterocycles. The summed E-state index contributed by atoms with van der Waals surface area (Å²) in [6.45, 7) is 1.03. The molecule has 1 spiro atoms. The molecule has 96 valence electrons. The second kappa shape index (κ2) is 3.45. The van der Waals surface area contributed by atoms with Crippen LogP contribution < -0.4 is 0 Å². The van der Waals surface area contributed by atoms with Gasteiger partial charge in [-0.2, -0.15) is 0 Å². The average Bonchev–Trinajstić information content (AvgIpc) is 2.85. The van der Waals surface area contributed by atoms with E-state index >= 15 is 0 Å². The lowest BCUT2D eigenvalue weighted by Gasteiger charge is -2.40. The molecule has 2 fully saturated rings. The van der Waals surface area contributed by atoms with Gasteiger partial charge in [-0.05, 0) is 12.8 Å². The molecular formula is C14H17NO3. The predicted octanol–water partition coefficient (Wildman–Crippen LogP) is 1.03. The number of hydrogen-bond acceptors (Lipinski definition) is 4. The minimum Gasteiger partial charge on any atom is -0.449 e. The summed E-state index contributed by atoms with van der Waals surface area (Å²) in [7, 11) is 1.77. The Morgan fingerprint density at radius 3 is 3.28 bits per heavy atom. The standard InChI is InChI=1S/C14H17NO3/c1-17-11-4-5-15-10-3-2-9-6-13(16)18-14(9,8-10)12(15)7-11/h2-3,6,10-12H,4-5,7-8H2,1H3/t10-,11-,12+,14-/m0/s1. The van der Waals surface area contributed by atoms with Crippen LogP contribution in [0.2, 0.25) is 0 Å². The summed E-state index contributed by atoms with van der Waals surface area (Å²) in [4.78, 5) is 14.1. The van der Waals surface area contributed by atoms with Crippen LogP contribution in [-0.2, 0) is 14.3 Å². The van der Waals surface area contributed by atoms with Crippen molar-refractivity contribution < 1.29 is 14.3 Å². The van der Waals surface area contributed by atoms with Crippen molar-refractivity contribution >= 4 is 5.97 Å². The molecule has 3 aliphatic heterocycles. The minimum atomic E-state index is -0.381. The Morgan fingerprint density at radius 2 is 2.44 bits per heavy atom. The second-order valence-electron chi connectivity index (χ2n) is 5.68. The highest BCUT2D eigenvalue weighted by molar-refractivity contribution is 5.88. The topological polar surface area (TPSA) is 38.8 Å². The number of carbonyl (C=O) groups excluding carboxylic acids is 1. The van der Waals surface area contributed by atoms with Gasteiger partial charge in [-0.1, -0.05) is 12.2 Å². The van der Waals surface area contributed by atoms with Crippen LogP contribution in [0, 0.1) is 0 Å². The molecule has 0 aromatic heterocycles. The molecule has 0 aromatic rings. The van der Waals surface area contributed by atoms with Gasteiger partial charge in [0.2, 0.25) is 0 Å². The normalized spacial score (nSPS) is 45.5. The Hall–Kier alpha value is -1.13. The van der Waals surface area contributed by atoms with E-state index in [9.17, 15) is 4.79 Å². The van der Waals surface area contributed by atoms with Gasteiger partial charge >= 0.3 is 5.97 Å². The second-order valence-corrected chi connectivity index (χ2v) is 5.68. The first-order valence-electron chi connectivity index (χ1n) is 6.65. The van der Waals surface area contributed by atoms with Gasteiger partial charge in [-0.15, -0.1) is 0 Å². The zero-order valence-electron chi connectivity index (χ0n) is 10.5. The first-order valence-corrected chi connectivity index (χ1v) is 6.65. The molecule has 2 bridgehead atoms. The maximum atomic E-state index is 11.6. The highest BCUT2D eigenvalue weighted by atomic mass is 16.6. The van der Waals surface area contributed by atoms with Crippen molar-refractivity contribution in [1.82, 2.24) is 4.90 Å². The van der Waals surface area contributed by atoms with Crippen LogP contribution >= 0.6 is 0 Å². The Morgan fingerprint density at radius 1 is 1.56 bits per heavy atom. The van der Waals surface area contributed by atoms with Crippen LogP contribution in [0.5, 0.6) is 0 Å². The number of esters is 1. The van der Waals surface area contributed by atoms with Crippen LogP contribution in [0.25, 0.3) is 0 Å². The zero-order chi connectivity index (χ0) is 12.3. The number of fused-ring (bicyclic) bond motifs is 3. The quantitative estimate of drug-likeness (QED) is 0.649. The SMILES string of the molecule is CO[C@H]1CCN2[C@H]3C=CC4=CC(=O)O[C@]4(C3)[C@H]2C1. The zero-order valence-corrected chi connectivity index (χ0v) is 10.5. The fourth-order valence-electron chi connectivity index (χ4n) is 4.10. The van der Waals surface area contributed by atoms with Gasteiger partial charge in [-0.25, -0.2) is 4.79 Å². The van der Waals surface area contributed by atoms with E-state index in [0.717, 1.165) is 31.4 Å². The van der Waals surface area contributed by atoms with Crippen molar-refractivity contribution in [2.24, 2.45) is 0 Å². The number of nitrogens with zero attached hydrogens (tertiary/aromatic N) is 1. The Bertz CT molecular complexity index is 470. The van der Waals surface area contributed by atoms with E-state index < -0.39 is 0 Å². The van der Waals surface area contributed by atoms with E-state index in [-0.39, 0.29) is 17.6 Å². The van der Waals surface area contributed by atoms with Gasteiger partial charge in [0.15, 0.2) is 5.60 Å². The molecular weight excluding hydrogens is 230 g/mol. The maximum absolute atomic E-state index is 11.6. The lowest BCUT2D eigenvalue weighted by Crippen LogP contribution is -2.51. The first kappa shape index (κ1) is 10.8. The largest absolute Gasteiger partial charge is 0.449 e. The predicted molar refractivity (Wildman–Crippen MR) is 65.0 cm³/mol. The number of ether oxygens (including phenoxy) is 2. The van der Waals surface area contributed by atoms with Gasteiger partial charge in [0.05, 0.1) is 12.1 Å². The molecule has 0 N–H and O–H groups in total.